The zero-order chi connectivity index (χ0) is 18.6. The van der Waals surface area contributed by atoms with Crippen molar-refractivity contribution in [2.75, 3.05) is 24.5 Å². The number of nitro groups is 1. The second-order valence-corrected chi connectivity index (χ2v) is 5.62. The summed E-state index contributed by atoms with van der Waals surface area (Å²) in [6.45, 7) is 7.95. The van der Waals surface area contributed by atoms with Crippen LogP contribution in [0, 0.1) is 21.8 Å². The van der Waals surface area contributed by atoms with Gasteiger partial charge in [0, 0.05) is 32.1 Å². The predicted molar refractivity (Wildman–Crippen MR) is 90.5 cm³/mol. The fourth-order valence-corrected chi connectivity index (χ4v) is 2.76. The molecule has 0 radical (unpaired) electrons. The lowest BCUT2D eigenvalue weighted by atomic mass is 10.1. The van der Waals surface area contributed by atoms with Gasteiger partial charge in [-0.05, 0) is 12.1 Å². The van der Waals surface area contributed by atoms with Crippen molar-refractivity contribution in [2.45, 2.75) is 6.42 Å². The van der Waals surface area contributed by atoms with Crippen molar-refractivity contribution in [3.05, 3.63) is 59.4 Å². The van der Waals surface area contributed by atoms with Crippen LogP contribution in [0.15, 0.2) is 43.5 Å². The lowest BCUT2D eigenvalue weighted by Gasteiger charge is -2.23. The number of hydrogen-bond donors (Lipinski definition) is 0. The minimum Gasteiger partial charge on any atom is -0.335 e. The summed E-state index contributed by atoms with van der Waals surface area (Å²) >= 11 is 0. The molecule has 1 aliphatic rings. The van der Waals surface area contributed by atoms with Gasteiger partial charge < -0.3 is 9.80 Å². The first-order chi connectivity index (χ1) is 11.9. The number of anilines is 1. The average Bonchev–Trinajstić information content (AvgIpc) is 2.96. The Labute approximate surface area is 144 Å². The van der Waals surface area contributed by atoms with E-state index in [4.69, 9.17) is 0 Å². The van der Waals surface area contributed by atoms with Gasteiger partial charge in [0.2, 0.25) is 17.6 Å². The quantitative estimate of drug-likeness (QED) is 0.430. The van der Waals surface area contributed by atoms with Gasteiger partial charge in [0.05, 0.1) is 16.5 Å². The zero-order valence-corrected chi connectivity index (χ0v) is 13.6. The Balaban J connectivity index is 2.21. The molecule has 0 N–H and O–H groups in total. The van der Waals surface area contributed by atoms with Crippen LogP contribution in [0.25, 0.3) is 0 Å². The Morgan fingerprint density at radius 3 is 2.60 bits per heavy atom. The van der Waals surface area contributed by atoms with Gasteiger partial charge in [-0.1, -0.05) is 12.2 Å². The molecule has 8 heteroatoms. The molecule has 7 nitrogen and oxygen atoms in total. The first kappa shape index (κ1) is 18.3. The number of amides is 2. The summed E-state index contributed by atoms with van der Waals surface area (Å²) in [6.07, 6.45) is 3.16. The van der Waals surface area contributed by atoms with Crippen LogP contribution in [-0.2, 0) is 9.59 Å². The summed E-state index contributed by atoms with van der Waals surface area (Å²) in [7, 11) is 0. The Morgan fingerprint density at radius 1 is 1.40 bits per heavy atom. The van der Waals surface area contributed by atoms with E-state index in [1.54, 1.807) is 12.2 Å². The standard InChI is InChI=1S/C17H18FN3O4/c1-3-7-19(8-4-2)17(23)12-9-16(22)20(11-12)13-5-6-14(18)15(10-13)21(24)25/h3-6,10,12H,1-2,7-9,11H2. The fraction of sp³-hybridized carbons (Fsp3) is 0.294. The Morgan fingerprint density at radius 2 is 2.04 bits per heavy atom. The minimum absolute atomic E-state index is 0.00517. The average molecular weight is 347 g/mol. The van der Waals surface area contributed by atoms with Crippen LogP contribution in [-0.4, -0.2) is 41.3 Å². The van der Waals surface area contributed by atoms with E-state index in [1.165, 1.54) is 15.9 Å². The highest BCUT2D eigenvalue weighted by molar-refractivity contribution is 6.00. The molecule has 1 unspecified atom stereocenters. The van der Waals surface area contributed by atoms with Crippen molar-refractivity contribution < 1.29 is 18.9 Å². The summed E-state index contributed by atoms with van der Waals surface area (Å²) in [4.78, 5) is 37.6. The first-order valence-corrected chi connectivity index (χ1v) is 7.64. The van der Waals surface area contributed by atoms with Crippen LogP contribution < -0.4 is 4.90 Å². The highest BCUT2D eigenvalue weighted by Gasteiger charge is 2.37. The third kappa shape index (κ3) is 3.90. The highest BCUT2D eigenvalue weighted by Crippen LogP contribution is 2.30. The van der Waals surface area contributed by atoms with Gasteiger partial charge in [-0.3, -0.25) is 19.7 Å². The van der Waals surface area contributed by atoms with Gasteiger partial charge in [-0.25, -0.2) is 0 Å². The van der Waals surface area contributed by atoms with Crippen LogP contribution in [0.3, 0.4) is 0 Å². The minimum atomic E-state index is -0.976. The van der Waals surface area contributed by atoms with E-state index in [0.29, 0.717) is 13.1 Å². The van der Waals surface area contributed by atoms with E-state index in [1.807, 2.05) is 0 Å². The van der Waals surface area contributed by atoms with E-state index in [0.717, 1.165) is 12.1 Å². The number of rotatable bonds is 7. The molecule has 0 saturated carbocycles. The number of nitrogens with zero attached hydrogens (tertiary/aromatic N) is 3. The molecule has 0 spiro atoms. The third-order valence-electron chi connectivity index (χ3n) is 3.92. The fourth-order valence-electron chi connectivity index (χ4n) is 2.76. The van der Waals surface area contributed by atoms with E-state index in [2.05, 4.69) is 13.2 Å². The van der Waals surface area contributed by atoms with Crippen molar-refractivity contribution in [1.82, 2.24) is 4.90 Å². The molecule has 2 rings (SSSR count). The maximum atomic E-state index is 13.5. The first-order valence-electron chi connectivity index (χ1n) is 7.64. The molecule has 1 saturated heterocycles. The van der Waals surface area contributed by atoms with Crippen molar-refractivity contribution >= 4 is 23.2 Å². The summed E-state index contributed by atoms with van der Waals surface area (Å²) < 4.78 is 13.5. The van der Waals surface area contributed by atoms with Gasteiger partial charge in [0.1, 0.15) is 0 Å². The van der Waals surface area contributed by atoms with E-state index in [-0.39, 0.29) is 30.5 Å². The molecule has 132 valence electrons. The molecule has 0 bridgehead atoms. The maximum Gasteiger partial charge on any atom is 0.306 e. The van der Waals surface area contributed by atoms with Gasteiger partial charge in [-0.15, -0.1) is 13.2 Å². The highest BCUT2D eigenvalue weighted by atomic mass is 19.1. The smallest absolute Gasteiger partial charge is 0.306 e. The summed E-state index contributed by atoms with van der Waals surface area (Å²) in [5.41, 5.74) is -0.507. The molecule has 1 fully saturated rings. The van der Waals surface area contributed by atoms with Gasteiger partial charge >= 0.3 is 5.69 Å². The molecular weight excluding hydrogens is 329 g/mol. The monoisotopic (exact) mass is 347 g/mol. The SMILES string of the molecule is C=CCN(CC=C)C(=O)C1CC(=O)N(c2ccc(F)c([N+](=O)[O-])c2)C1. The van der Waals surface area contributed by atoms with Crippen LogP contribution in [0.1, 0.15) is 6.42 Å². The van der Waals surface area contributed by atoms with E-state index in [9.17, 15) is 24.1 Å². The summed E-state index contributed by atoms with van der Waals surface area (Å²) in [5, 5.41) is 10.9. The predicted octanol–water partition coefficient (Wildman–Crippen LogP) is 2.29. The maximum absolute atomic E-state index is 13.5. The molecule has 1 aliphatic heterocycles. The number of carbonyl (C=O) groups excluding carboxylic acids is 2. The largest absolute Gasteiger partial charge is 0.335 e. The van der Waals surface area contributed by atoms with Crippen LogP contribution >= 0.6 is 0 Å². The molecule has 1 aromatic carbocycles. The number of hydrogen-bond acceptors (Lipinski definition) is 4. The zero-order valence-electron chi connectivity index (χ0n) is 13.6. The Kier molecular flexibility index (Phi) is 5.63. The van der Waals surface area contributed by atoms with Crippen molar-refractivity contribution in [2.24, 2.45) is 5.92 Å². The number of benzene rings is 1. The molecule has 1 aromatic rings. The van der Waals surface area contributed by atoms with Crippen LogP contribution in [0.5, 0.6) is 0 Å². The molecule has 25 heavy (non-hydrogen) atoms. The molecule has 0 aromatic heterocycles. The van der Waals surface area contributed by atoms with E-state index < -0.39 is 22.3 Å². The van der Waals surface area contributed by atoms with Gasteiger partial charge in [0.25, 0.3) is 0 Å². The molecular formula is C17H18FN3O4. The second kappa shape index (κ2) is 7.69. The number of halogens is 1. The number of carbonyl (C=O) groups is 2. The third-order valence-corrected chi connectivity index (χ3v) is 3.92. The Bertz CT molecular complexity index is 725. The normalized spacial score (nSPS) is 16.6. The topological polar surface area (TPSA) is 83.8 Å². The van der Waals surface area contributed by atoms with Crippen LogP contribution in [0.4, 0.5) is 15.8 Å². The molecule has 1 heterocycles. The summed E-state index contributed by atoms with van der Waals surface area (Å²) in [5.74, 6) is -2.10. The van der Waals surface area contributed by atoms with Crippen molar-refractivity contribution in [3.63, 3.8) is 0 Å². The van der Waals surface area contributed by atoms with Crippen LogP contribution in [0.2, 0.25) is 0 Å². The number of nitro benzene ring substituents is 1. The molecule has 0 aliphatic carbocycles. The van der Waals surface area contributed by atoms with Gasteiger partial charge in [0.15, 0.2) is 0 Å². The molecule has 2 amide bonds. The van der Waals surface area contributed by atoms with Crippen molar-refractivity contribution in [3.8, 4) is 0 Å². The lowest BCUT2D eigenvalue weighted by molar-refractivity contribution is -0.387. The lowest BCUT2D eigenvalue weighted by Crippen LogP contribution is -2.37. The summed E-state index contributed by atoms with van der Waals surface area (Å²) in [6, 6.07) is 3.24. The Hall–Kier alpha value is -3.03. The van der Waals surface area contributed by atoms with E-state index >= 15 is 0 Å². The van der Waals surface area contributed by atoms with Crippen molar-refractivity contribution in [1.29, 1.82) is 0 Å². The second-order valence-electron chi connectivity index (χ2n) is 5.62. The molecule has 1 atom stereocenters. The van der Waals surface area contributed by atoms with Gasteiger partial charge in [-0.2, -0.15) is 4.39 Å².